The molecule has 0 amide bonds. The van der Waals surface area contributed by atoms with E-state index in [0.29, 0.717) is 5.78 Å². The van der Waals surface area contributed by atoms with Gasteiger partial charge in [-0.1, -0.05) is 57.2 Å². The Hall–Kier alpha value is -1.63. The summed E-state index contributed by atoms with van der Waals surface area (Å²) in [5.74, 6) is 0.314. The molecule has 1 saturated carbocycles. The molecule has 1 heteroatoms. The van der Waals surface area contributed by atoms with Gasteiger partial charge in [0.2, 0.25) is 0 Å². The topological polar surface area (TPSA) is 17.1 Å². The molecule has 18 heavy (non-hydrogen) atoms. The zero-order valence-corrected chi connectivity index (χ0v) is 11.2. The molecule has 0 aromatic heterocycles. The molecule has 1 nitrogen and oxygen atoms in total. The lowest BCUT2D eigenvalue weighted by molar-refractivity contribution is -0.125. The molecule has 1 aromatic rings. The molecule has 2 bridgehead atoms. The number of benzene rings is 1. The fourth-order valence-corrected chi connectivity index (χ4v) is 3.22. The number of Topliss-reactive ketones (excluding diaryl/α,β-unsaturated/α-hetero) is 1. The highest BCUT2D eigenvalue weighted by Gasteiger charge is 2.59. The molecule has 1 unspecified atom stereocenters. The van der Waals surface area contributed by atoms with E-state index < -0.39 is 0 Å². The van der Waals surface area contributed by atoms with Gasteiger partial charge in [-0.25, -0.2) is 0 Å². The zero-order chi connectivity index (χ0) is 13.0. The van der Waals surface area contributed by atoms with Gasteiger partial charge >= 0.3 is 0 Å². The Labute approximate surface area is 108 Å². The van der Waals surface area contributed by atoms with E-state index in [1.54, 1.807) is 0 Å². The molecule has 2 aliphatic rings. The van der Waals surface area contributed by atoms with Gasteiger partial charge in [0.1, 0.15) is 0 Å². The molecule has 2 aliphatic carbocycles. The highest BCUT2D eigenvalue weighted by molar-refractivity contribution is 6.13. The number of rotatable bonds is 1. The third-order valence-corrected chi connectivity index (χ3v) is 4.91. The maximum absolute atomic E-state index is 12.6. The van der Waals surface area contributed by atoms with Crippen LogP contribution in [0.5, 0.6) is 0 Å². The lowest BCUT2D eigenvalue weighted by Gasteiger charge is -2.31. The van der Waals surface area contributed by atoms with Crippen LogP contribution in [0.3, 0.4) is 0 Å². The van der Waals surface area contributed by atoms with Gasteiger partial charge < -0.3 is 0 Å². The fraction of sp³-hybridized carbons (Fsp3) is 0.353. The summed E-state index contributed by atoms with van der Waals surface area (Å²) < 4.78 is 0. The number of carbonyl (C=O) groups excluding carboxylic acids is 1. The number of ketones is 1. The molecular weight excluding hydrogens is 220 g/mol. The first-order valence-corrected chi connectivity index (χ1v) is 6.49. The van der Waals surface area contributed by atoms with Gasteiger partial charge in [-0.3, -0.25) is 4.79 Å². The summed E-state index contributed by atoms with van der Waals surface area (Å²) in [7, 11) is 0. The van der Waals surface area contributed by atoms with Crippen molar-refractivity contribution < 1.29 is 4.79 Å². The first kappa shape index (κ1) is 11.5. The molecule has 0 N–H and O–H groups in total. The lowest BCUT2D eigenvalue weighted by Crippen LogP contribution is -2.32. The fourth-order valence-electron chi connectivity index (χ4n) is 3.22. The Kier molecular flexibility index (Phi) is 2.19. The summed E-state index contributed by atoms with van der Waals surface area (Å²) >= 11 is 0. The van der Waals surface area contributed by atoms with Crippen molar-refractivity contribution in [2.75, 3.05) is 0 Å². The van der Waals surface area contributed by atoms with Crippen molar-refractivity contribution in [1.29, 1.82) is 0 Å². The molecule has 1 atom stereocenters. The van der Waals surface area contributed by atoms with E-state index >= 15 is 0 Å². The van der Waals surface area contributed by atoms with Gasteiger partial charge in [0.15, 0.2) is 5.78 Å². The first-order valence-electron chi connectivity index (χ1n) is 6.49. The standard InChI is InChI=1S/C17H18O/c1-16(2)14-9-10-17(16,3)15(18)13(14)11-12-7-5-4-6-8-12/h4-9,11H,10H2,1-3H3. The molecule has 0 heterocycles. The van der Waals surface area contributed by atoms with Crippen LogP contribution in [0.2, 0.25) is 0 Å². The van der Waals surface area contributed by atoms with Crippen LogP contribution in [0.4, 0.5) is 0 Å². The second-order valence-electron chi connectivity index (χ2n) is 6.08. The number of fused-ring (bicyclic) bond motifs is 2. The van der Waals surface area contributed by atoms with E-state index in [2.05, 4.69) is 26.8 Å². The van der Waals surface area contributed by atoms with Crippen LogP contribution in [-0.4, -0.2) is 5.78 Å². The number of carbonyl (C=O) groups is 1. The van der Waals surface area contributed by atoms with Gasteiger partial charge in [-0.2, -0.15) is 0 Å². The minimum Gasteiger partial charge on any atom is -0.294 e. The van der Waals surface area contributed by atoms with Gasteiger partial charge in [-0.15, -0.1) is 0 Å². The molecule has 1 aromatic carbocycles. The predicted molar refractivity (Wildman–Crippen MR) is 74.0 cm³/mol. The number of hydrogen-bond acceptors (Lipinski definition) is 1. The molecule has 0 spiro atoms. The minimum atomic E-state index is -0.233. The third kappa shape index (κ3) is 1.25. The van der Waals surface area contributed by atoms with Crippen LogP contribution in [0.25, 0.3) is 6.08 Å². The van der Waals surface area contributed by atoms with Gasteiger partial charge in [0.25, 0.3) is 0 Å². The maximum atomic E-state index is 12.6. The van der Waals surface area contributed by atoms with Crippen LogP contribution in [0, 0.1) is 10.8 Å². The van der Waals surface area contributed by atoms with Crippen LogP contribution < -0.4 is 0 Å². The Morgan fingerprint density at radius 3 is 2.33 bits per heavy atom. The molecule has 1 fully saturated rings. The maximum Gasteiger partial charge on any atom is 0.170 e. The summed E-state index contributed by atoms with van der Waals surface area (Å²) in [5.41, 5.74) is 3.00. The predicted octanol–water partition coefficient (Wildman–Crippen LogP) is 4.02. The van der Waals surface area contributed by atoms with Crippen molar-refractivity contribution in [3.63, 3.8) is 0 Å². The van der Waals surface area contributed by atoms with E-state index in [-0.39, 0.29) is 10.8 Å². The first-order chi connectivity index (χ1) is 8.47. The Bertz CT molecular complexity index is 575. The molecule has 0 aliphatic heterocycles. The van der Waals surface area contributed by atoms with Crippen molar-refractivity contribution in [3.05, 3.63) is 53.1 Å². The molecular formula is C17H18O. The Balaban J connectivity index is 2.12. The van der Waals surface area contributed by atoms with Crippen molar-refractivity contribution in [1.82, 2.24) is 0 Å². The van der Waals surface area contributed by atoms with Crippen molar-refractivity contribution in [3.8, 4) is 0 Å². The Morgan fingerprint density at radius 2 is 1.78 bits per heavy atom. The second kappa shape index (κ2) is 3.44. The normalized spacial score (nSPS) is 30.9. The SMILES string of the molecule is CC1(C)C2=CCC1(C)C(=O)C2=Cc1ccccc1. The van der Waals surface area contributed by atoms with E-state index in [0.717, 1.165) is 17.6 Å². The Morgan fingerprint density at radius 1 is 1.11 bits per heavy atom. The highest BCUT2D eigenvalue weighted by atomic mass is 16.1. The molecule has 0 radical (unpaired) electrons. The summed E-state index contributed by atoms with van der Waals surface area (Å²) in [5, 5.41) is 0. The van der Waals surface area contributed by atoms with E-state index in [9.17, 15) is 4.79 Å². The average Bonchev–Trinajstić information content (AvgIpc) is 2.65. The highest BCUT2D eigenvalue weighted by Crippen LogP contribution is 2.62. The van der Waals surface area contributed by atoms with Gasteiger partial charge in [0.05, 0.1) is 0 Å². The van der Waals surface area contributed by atoms with Gasteiger partial charge in [-0.05, 0) is 23.6 Å². The quantitative estimate of drug-likeness (QED) is 0.675. The molecule has 3 rings (SSSR count). The van der Waals surface area contributed by atoms with Crippen molar-refractivity contribution in [2.45, 2.75) is 27.2 Å². The summed E-state index contributed by atoms with van der Waals surface area (Å²) in [6, 6.07) is 10.1. The molecule has 92 valence electrons. The number of hydrogen-bond donors (Lipinski definition) is 0. The minimum absolute atomic E-state index is 0.0231. The van der Waals surface area contributed by atoms with E-state index in [1.165, 1.54) is 5.57 Å². The van der Waals surface area contributed by atoms with E-state index in [4.69, 9.17) is 0 Å². The largest absolute Gasteiger partial charge is 0.294 e. The molecule has 0 saturated heterocycles. The summed E-state index contributed by atoms with van der Waals surface area (Å²) in [6.45, 7) is 6.48. The van der Waals surface area contributed by atoms with Crippen molar-refractivity contribution >= 4 is 11.9 Å². The van der Waals surface area contributed by atoms with Gasteiger partial charge in [0, 0.05) is 16.4 Å². The second-order valence-corrected chi connectivity index (χ2v) is 6.08. The summed E-state index contributed by atoms with van der Waals surface area (Å²) in [6.07, 6.45) is 5.18. The van der Waals surface area contributed by atoms with E-state index in [1.807, 2.05) is 36.4 Å². The average molecular weight is 238 g/mol. The third-order valence-electron chi connectivity index (χ3n) is 4.91. The summed E-state index contributed by atoms with van der Waals surface area (Å²) in [4.78, 5) is 12.6. The van der Waals surface area contributed by atoms with Crippen LogP contribution in [0.1, 0.15) is 32.8 Å². The van der Waals surface area contributed by atoms with Crippen LogP contribution in [-0.2, 0) is 4.79 Å². The smallest absolute Gasteiger partial charge is 0.170 e. The monoisotopic (exact) mass is 238 g/mol. The number of allylic oxidation sites excluding steroid dienone is 3. The van der Waals surface area contributed by atoms with Crippen LogP contribution in [0.15, 0.2) is 47.6 Å². The van der Waals surface area contributed by atoms with Crippen molar-refractivity contribution in [2.24, 2.45) is 10.8 Å². The zero-order valence-electron chi connectivity index (χ0n) is 11.2. The van der Waals surface area contributed by atoms with Crippen LogP contribution >= 0.6 is 0 Å². The lowest BCUT2D eigenvalue weighted by atomic mass is 9.70.